The molecule has 3 N–H and O–H groups in total. The number of amides is 1. The van der Waals surface area contributed by atoms with Crippen LogP contribution in [0, 0.1) is 13.8 Å². The summed E-state index contributed by atoms with van der Waals surface area (Å²) < 4.78 is 34.6. The van der Waals surface area contributed by atoms with Crippen LogP contribution in [-0.4, -0.2) is 26.0 Å². The lowest BCUT2D eigenvalue weighted by atomic mass is 10.1. The van der Waals surface area contributed by atoms with Crippen molar-refractivity contribution in [3.63, 3.8) is 0 Å². The van der Waals surface area contributed by atoms with Crippen molar-refractivity contribution in [1.82, 2.24) is 5.32 Å². The Labute approximate surface area is 219 Å². The number of carbonyl (C=O) groups is 1. The summed E-state index contributed by atoms with van der Waals surface area (Å²) in [5.41, 5.74) is 3.18. The molecule has 0 bridgehead atoms. The van der Waals surface area contributed by atoms with E-state index in [0.29, 0.717) is 33.8 Å². The highest BCUT2D eigenvalue weighted by Gasteiger charge is 2.17. The normalized spacial score (nSPS) is 11.0. The number of ether oxygens (including phenoxy) is 1. The molecular weight excluding hydrogens is 550 g/mol. The van der Waals surface area contributed by atoms with Gasteiger partial charge in [0.2, 0.25) is 0 Å². The fourth-order valence-corrected chi connectivity index (χ4v) is 5.10. The molecule has 0 unspecified atom stereocenters. The van der Waals surface area contributed by atoms with E-state index >= 15 is 0 Å². The van der Waals surface area contributed by atoms with Crippen molar-refractivity contribution in [3.8, 4) is 5.75 Å². The third-order valence-corrected chi connectivity index (χ3v) is 7.21. The maximum atomic E-state index is 12.8. The van der Waals surface area contributed by atoms with Crippen LogP contribution in [0.2, 0.25) is 0 Å². The Balaban J connectivity index is 1.62. The average Bonchev–Trinajstić information content (AvgIpc) is 2.81. The van der Waals surface area contributed by atoms with Gasteiger partial charge in [0.25, 0.3) is 15.9 Å². The molecule has 0 saturated carbocycles. The van der Waals surface area contributed by atoms with E-state index < -0.39 is 10.0 Å². The maximum Gasteiger partial charge on any atom is 0.261 e. The zero-order chi connectivity index (χ0) is 25.6. The molecule has 3 aromatic rings. The number of anilines is 2. The number of thiocarbonyl (C=S) groups is 1. The summed E-state index contributed by atoms with van der Waals surface area (Å²) in [6, 6.07) is 16.7. The van der Waals surface area contributed by atoms with Gasteiger partial charge >= 0.3 is 0 Å². The van der Waals surface area contributed by atoms with E-state index in [0.717, 1.165) is 17.5 Å². The van der Waals surface area contributed by atoms with Crippen molar-refractivity contribution in [1.29, 1.82) is 0 Å². The van der Waals surface area contributed by atoms with Crippen LogP contribution in [0.3, 0.4) is 0 Å². The average molecular weight is 577 g/mol. The monoisotopic (exact) mass is 575 g/mol. The number of nitrogens with one attached hydrogen (secondary N) is 3. The molecule has 184 valence electrons. The van der Waals surface area contributed by atoms with Gasteiger partial charge < -0.3 is 10.1 Å². The first-order chi connectivity index (χ1) is 16.6. The Kier molecular flexibility index (Phi) is 8.87. The maximum absolute atomic E-state index is 12.8. The van der Waals surface area contributed by atoms with E-state index in [-0.39, 0.29) is 15.9 Å². The third kappa shape index (κ3) is 7.03. The Morgan fingerprint density at radius 2 is 1.69 bits per heavy atom. The van der Waals surface area contributed by atoms with Gasteiger partial charge in [-0.15, -0.1) is 0 Å². The van der Waals surface area contributed by atoms with Crippen LogP contribution in [0.5, 0.6) is 5.75 Å². The number of rotatable bonds is 8. The summed E-state index contributed by atoms with van der Waals surface area (Å²) in [6.07, 6.45) is 0.879. The van der Waals surface area contributed by atoms with Crippen LogP contribution in [0.15, 0.2) is 70.0 Å². The van der Waals surface area contributed by atoms with Crippen molar-refractivity contribution < 1.29 is 17.9 Å². The summed E-state index contributed by atoms with van der Waals surface area (Å²) in [5.74, 6) is 0.272. The van der Waals surface area contributed by atoms with Gasteiger partial charge in [0, 0.05) is 11.3 Å². The van der Waals surface area contributed by atoms with Crippen LogP contribution in [0.25, 0.3) is 0 Å². The van der Waals surface area contributed by atoms with Crippen molar-refractivity contribution in [3.05, 3.63) is 81.8 Å². The largest absolute Gasteiger partial charge is 0.492 e. The molecule has 7 nitrogen and oxygen atoms in total. The Hall–Kier alpha value is -2.95. The van der Waals surface area contributed by atoms with Gasteiger partial charge in [0.15, 0.2) is 5.11 Å². The van der Waals surface area contributed by atoms with Crippen LogP contribution in [0.1, 0.15) is 34.8 Å². The van der Waals surface area contributed by atoms with Crippen molar-refractivity contribution in [2.45, 2.75) is 32.1 Å². The number of para-hydroxylation sites is 1. The minimum Gasteiger partial charge on any atom is -0.492 e. The van der Waals surface area contributed by atoms with Gasteiger partial charge in [0.1, 0.15) is 5.75 Å². The molecule has 0 atom stereocenters. The second-order valence-electron chi connectivity index (χ2n) is 7.80. The number of hydrogen-bond donors (Lipinski definition) is 3. The van der Waals surface area contributed by atoms with Gasteiger partial charge in [0.05, 0.1) is 21.7 Å². The lowest BCUT2D eigenvalue weighted by Gasteiger charge is -2.14. The molecule has 0 aliphatic rings. The topological polar surface area (TPSA) is 96.5 Å². The van der Waals surface area contributed by atoms with E-state index in [2.05, 4.69) is 31.3 Å². The molecule has 0 radical (unpaired) electrons. The minimum absolute atomic E-state index is 0.0849. The van der Waals surface area contributed by atoms with Crippen LogP contribution in [-0.2, 0) is 10.0 Å². The highest BCUT2D eigenvalue weighted by molar-refractivity contribution is 9.10. The lowest BCUT2D eigenvalue weighted by molar-refractivity contribution is 0.0977. The second kappa shape index (κ2) is 11.7. The van der Waals surface area contributed by atoms with Crippen molar-refractivity contribution in [2.24, 2.45) is 0 Å². The van der Waals surface area contributed by atoms with Crippen molar-refractivity contribution in [2.75, 3.05) is 16.6 Å². The van der Waals surface area contributed by atoms with Gasteiger partial charge in [-0.05, 0) is 102 Å². The number of hydrogen-bond acceptors (Lipinski definition) is 5. The molecule has 0 aliphatic heterocycles. The van der Waals surface area contributed by atoms with Gasteiger partial charge in [-0.3, -0.25) is 14.8 Å². The van der Waals surface area contributed by atoms with E-state index in [1.54, 1.807) is 30.3 Å². The van der Waals surface area contributed by atoms with E-state index in [1.165, 1.54) is 12.1 Å². The first-order valence-electron chi connectivity index (χ1n) is 10.8. The SMILES string of the molecule is CCCOc1ccc(C(=O)NC(=S)Nc2ccc(S(=O)(=O)Nc3c(C)cccc3C)cc2)cc1Br. The Bertz CT molecular complexity index is 1320. The molecule has 0 saturated heterocycles. The molecule has 0 spiro atoms. The molecule has 3 aromatic carbocycles. The minimum atomic E-state index is -3.77. The summed E-state index contributed by atoms with van der Waals surface area (Å²) in [6.45, 7) is 6.29. The zero-order valence-electron chi connectivity index (χ0n) is 19.5. The predicted molar refractivity (Wildman–Crippen MR) is 147 cm³/mol. The molecule has 0 heterocycles. The summed E-state index contributed by atoms with van der Waals surface area (Å²) in [5, 5.41) is 5.59. The summed E-state index contributed by atoms with van der Waals surface area (Å²) in [7, 11) is -3.77. The first kappa shape index (κ1) is 26.7. The number of aryl methyl sites for hydroxylation is 2. The van der Waals surface area contributed by atoms with E-state index in [1.807, 2.05) is 39.0 Å². The molecule has 0 aliphatic carbocycles. The Morgan fingerprint density at radius 3 is 2.29 bits per heavy atom. The summed E-state index contributed by atoms with van der Waals surface area (Å²) in [4.78, 5) is 12.7. The fourth-order valence-electron chi connectivity index (χ4n) is 3.19. The van der Waals surface area contributed by atoms with Gasteiger partial charge in [-0.25, -0.2) is 8.42 Å². The predicted octanol–water partition coefficient (Wildman–Crippen LogP) is 5.78. The molecule has 0 fully saturated rings. The molecule has 1 amide bonds. The highest BCUT2D eigenvalue weighted by Crippen LogP contribution is 2.26. The highest BCUT2D eigenvalue weighted by atomic mass is 79.9. The first-order valence-corrected chi connectivity index (χ1v) is 13.5. The molecular formula is C25H26BrN3O4S2. The second-order valence-corrected chi connectivity index (χ2v) is 10.7. The zero-order valence-corrected chi connectivity index (χ0v) is 22.7. The smallest absolute Gasteiger partial charge is 0.261 e. The quantitative estimate of drug-likeness (QED) is 0.294. The van der Waals surface area contributed by atoms with Gasteiger partial charge in [-0.2, -0.15) is 0 Å². The lowest BCUT2D eigenvalue weighted by Crippen LogP contribution is -2.34. The third-order valence-electron chi connectivity index (χ3n) is 5.02. The molecule has 35 heavy (non-hydrogen) atoms. The number of halogens is 1. The van der Waals surface area contributed by atoms with Crippen molar-refractivity contribution >= 4 is 60.6 Å². The Morgan fingerprint density at radius 1 is 1.03 bits per heavy atom. The van der Waals surface area contributed by atoms with E-state index in [4.69, 9.17) is 17.0 Å². The number of benzene rings is 3. The van der Waals surface area contributed by atoms with E-state index in [9.17, 15) is 13.2 Å². The summed E-state index contributed by atoms with van der Waals surface area (Å²) >= 11 is 8.65. The molecule has 0 aromatic heterocycles. The fraction of sp³-hybridized carbons (Fsp3) is 0.200. The van der Waals surface area contributed by atoms with Crippen LogP contribution in [0.4, 0.5) is 11.4 Å². The van der Waals surface area contributed by atoms with Crippen LogP contribution < -0.4 is 20.1 Å². The standard InChI is InChI=1S/C25H26BrN3O4S2/c1-4-14-33-22-13-8-18(15-21(22)26)24(30)28-25(34)27-19-9-11-20(12-10-19)35(31,32)29-23-16(2)6-5-7-17(23)3/h5-13,15,29H,4,14H2,1-3H3,(H2,27,28,30,34). The number of sulfonamides is 1. The van der Waals surface area contributed by atoms with Crippen LogP contribution >= 0.6 is 28.1 Å². The molecule has 3 rings (SSSR count). The molecule has 10 heteroatoms. The van der Waals surface area contributed by atoms with Gasteiger partial charge in [-0.1, -0.05) is 25.1 Å². The number of carbonyl (C=O) groups excluding carboxylic acids is 1.